The van der Waals surface area contributed by atoms with Crippen LogP contribution in [0.1, 0.15) is 31.9 Å². The number of pyridine rings is 1. The van der Waals surface area contributed by atoms with Crippen molar-refractivity contribution in [3.63, 3.8) is 0 Å². The molecule has 0 aliphatic heterocycles. The molecule has 0 aliphatic carbocycles. The number of hydrogen-bond acceptors (Lipinski definition) is 1. The lowest BCUT2D eigenvalue weighted by Gasteiger charge is -2.18. The maximum absolute atomic E-state index is 4.15. The van der Waals surface area contributed by atoms with E-state index in [0.717, 1.165) is 5.56 Å². The summed E-state index contributed by atoms with van der Waals surface area (Å²) in [6, 6.07) is 2.12. The van der Waals surface area contributed by atoms with Crippen molar-refractivity contribution in [2.75, 3.05) is 0 Å². The molecular weight excluding hydrogens is 146 g/mol. The van der Waals surface area contributed by atoms with Gasteiger partial charge in [0, 0.05) is 12.4 Å². The molecule has 64 valence electrons. The fourth-order valence-electron chi connectivity index (χ4n) is 0.980. The van der Waals surface area contributed by atoms with E-state index in [0.29, 0.717) is 0 Å². The van der Waals surface area contributed by atoms with Gasteiger partial charge in [0.15, 0.2) is 0 Å². The number of aromatic nitrogens is 1. The fourth-order valence-corrected chi connectivity index (χ4v) is 0.980. The van der Waals surface area contributed by atoms with E-state index in [2.05, 4.69) is 38.4 Å². The fraction of sp³-hybridized carbons (Fsp3) is 0.364. The summed E-state index contributed by atoms with van der Waals surface area (Å²) in [5.41, 5.74) is 2.51. The summed E-state index contributed by atoms with van der Waals surface area (Å²) < 4.78 is 0. The third-order valence-electron chi connectivity index (χ3n) is 1.86. The van der Waals surface area contributed by atoms with Crippen LogP contribution in [0.4, 0.5) is 0 Å². The van der Waals surface area contributed by atoms with Gasteiger partial charge in [0.05, 0.1) is 0 Å². The molecule has 1 nitrogen and oxygen atoms in total. The molecule has 12 heavy (non-hydrogen) atoms. The molecule has 0 saturated carbocycles. The molecule has 0 radical (unpaired) electrons. The molecule has 0 bridgehead atoms. The zero-order valence-electron chi connectivity index (χ0n) is 7.96. The second-order valence-corrected chi connectivity index (χ2v) is 3.96. The second-order valence-electron chi connectivity index (χ2n) is 3.96. The molecule has 0 N–H and O–H groups in total. The van der Waals surface area contributed by atoms with Gasteiger partial charge in [-0.15, -0.1) is 0 Å². The van der Waals surface area contributed by atoms with Crippen LogP contribution in [-0.4, -0.2) is 4.98 Å². The first-order valence-corrected chi connectivity index (χ1v) is 4.12. The first-order chi connectivity index (χ1) is 5.54. The topological polar surface area (TPSA) is 12.9 Å². The van der Waals surface area contributed by atoms with Crippen molar-refractivity contribution in [2.45, 2.75) is 26.2 Å². The normalized spacial score (nSPS) is 11.2. The molecule has 0 fully saturated rings. The monoisotopic (exact) mass is 161 g/mol. The average Bonchev–Trinajstić information content (AvgIpc) is 2.03. The third-order valence-corrected chi connectivity index (χ3v) is 1.86. The Balaban J connectivity index is 3.10. The van der Waals surface area contributed by atoms with Crippen LogP contribution in [0.15, 0.2) is 25.0 Å². The van der Waals surface area contributed by atoms with Crippen molar-refractivity contribution in [3.05, 3.63) is 36.2 Å². The summed E-state index contributed by atoms with van der Waals surface area (Å²) >= 11 is 0. The summed E-state index contributed by atoms with van der Waals surface area (Å²) in [4.78, 5) is 4.15. The van der Waals surface area contributed by atoms with E-state index < -0.39 is 0 Å². The van der Waals surface area contributed by atoms with Crippen molar-refractivity contribution >= 4 is 6.08 Å². The highest BCUT2D eigenvalue weighted by atomic mass is 14.6. The van der Waals surface area contributed by atoms with Crippen LogP contribution >= 0.6 is 0 Å². The number of rotatable bonds is 1. The first kappa shape index (κ1) is 8.98. The Morgan fingerprint density at radius 3 is 2.50 bits per heavy atom. The van der Waals surface area contributed by atoms with Gasteiger partial charge in [-0.1, -0.05) is 33.4 Å². The molecule has 0 atom stereocenters. The molecular formula is C11H15N. The van der Waals surface area contributed by atoms with E-state index >= 15 is 0 Å². The van der Waals surface area contributed by atoms with Gasteiger partial charge in [0.25, 0.3) is 0 Å². The molecule has 0 unspecified atom stereocenters. The van der Waals surface area contributed by atoms with Crippen LogP contribution in [0.5, 0.6) is 0 Å². The lowest BCUT2D eigenvalue weighted by Crippen LogP contribution is -2.11. The smallest absolute Gasteiger partial charge is 0.0340 e. The maximum atomic E-state index is 4.15. The summed E-state index contributed by atoms with van der Waals surface area (Å²) in [5, 5.41) is 0. The zero-order valence-corrected chi connectivity index (χ0v) is 7.96. The molecule has 0 spiro atoms. The summed E-state index contributed by atoms with van der Waals surface area (Å²) in [5.74, 6) is 0. The van der Waals surface area contributed by atoms with E-state index in [9.17, 15) is 0 Å². The largest absolute Gasteiger partial charge is 0.264 e. The molecule has 1 heterocycles. The van der Waals surface area contributed by atoms with Gasteiger partial charge in [-0.05, 0) is 22.6 Å². The molecule has 1 heteroatoms. The Labute approximate surface area is 74.2 Å². The van der Waals surface area contributed by atoms with Crippen molar-refractivity contribution in [2.24, 2.45) is 0 Å². The minimum absolute atomic E-state index is 0.173. The van der Waals surface area contributed by atoms with E-state index in [4.69, 9.17) is 0 Å². The van der Waals surface area contributed by atoms with E-state index in [1.807, 2.05) is 18.5 Å². The summed E-state index contributed by atoms with van der Waals surface area (Å²) in [6.45, 7) is 10.2. The van der Waals surface area contributed by atoms with Crippen molar-refractivity contribution in [1.29, 1.82) is 0 Å². The Morgan fingerprint density at radius 2 is 2.00 bits per heavy atom. The Hall–Kier alpha value is -1.11. The Kier molecular flexibility index (Phi) is 2.32. The van der Waals surface area contributed by atoms with Gasteiger partial charge in [-0.3, -0.25) is 4.98 Å². The number of hydrogen-bond donors (Lipinski definition) is 0. The van der Waals surface area contributed by atoms with Gasteiger partial charge in [-0.25, -0.2) is 0 Å². The minimum atomic E-state index is 0.173. The van der Waals surface area contributed by atoms with E-state index in [-0.39, 0.29) is 5.41 Å². The molecule has 1 rings (SSSR count). The van der Waals surface area contributed by atoms with E-state index in [1.165, 1.54) is 5.56 Å². The second kappa shape index (κ2) is 3.10. The third kappa shape index (κ3) is 1.94. The highest BCUT2D eigenvalue weighted by Crippen LogP contribution is 2.21. The van der Waals surface area contributed by atoms with Crippen LogP contribution in [0, 0.1) is 0 Å². The van der Waals surface area contributed by atoms with Crippen LogP contribution in [-0.2, 0) is 5.41 Å². The first-order valence-electron chi connectivity index (χ1n) is 4.12. The zero-order chi connectivity index (χ0) is 9.19. The predicted molar refractivity (Wildman–Crippen MR) is 53.0 cm³/mol. The minimum Gasteiger partial charge on any atom is -0.264 e. The van der Waals surface area contributed by atoms with Gasteiger partial charge in [0.1, 0.15) is 0 Å². The Bertz CT molecular complexity index is 281. The Morgan fingerprint density at radius 1 is 1.33 bits per heavy atom. The van der Waals surface area contributed by atoms with Crippen LogP contribution in [0.3, 0.4) is 0 Å². The quantitative estimate of drug-likeness (QED) is 0.617. The number of nitrogens with zero attached hydrogens (tertiary/aromatic N) is 1. The van der Waals surface area contributed by atoms with Gasteiger partial charge < -0.3 is 0 Å². The predicted octanol–water partition coefficient (Wildman–Crippen LogP) is 3.02. The summed E-state index contributed by atoms with van der Waals surface area (Å²) in [7, 11) is 0. The molecule has 0 aliphatic rings. The SMILES string of the molecule is C=Cc1cncc(C(C)(C)C)c1. The molecule has 0 amide bonds. The van der Waals surface area contributed by atoms with Gasteiger partial charge in [0.2, 0.25) is 0 Å². The average molecular weight is 161 g/mol. The lowest BCUT2D eigenvalue weighted by molar-refractivity contribution is 0.587. The van der Waals surface area contributed by atoms with Gasteiger partial charge >= 0.3 is 0 Å². The molecule has 1 aromatic rings. The highest BCUT2D eigenvalue weighted by molar-refractivity contribution is 5.46. The van der Waals surface area contributed by atoms with Crippen molar-refractivity contribution < 1.29 is 0 Å². The maximum Gasteiger partial charge on any atom is 0.0340 e. The van der Waals surface area contributed by atoms with Gasteiger partial charge in [-0.2, -0.15) is 0 Å². The standard InChI is InChI=1S/C11H15N/c1-5-9-6-10(8-12-7-9)11(2,3)4/h5-8H,1H2,2-4H3. The lowest BCUT2D eigenvalue weighted by atomic mass is 9.88. The van der Waals surface area contributed by atoms with Crippen LogP contribution < -0.4 is 0 Å². The molecule has 1 aromatic heterocycles. The molecule has 0 aromatic carbocycles. The summed E-state index contributed by atoms with van der Waals surface area (Å²) in [6.07, 6.45) is 5.55. The highest BCUT2D eigenvalue weighted by Gasteiger charge is 2.13. The van der Waals surface area contributed by atoms with Crippen molar-refractivity contribution in [3.8, 4) is 0 Å². The molecule has 0 saturated heterocycles. The van der Waals surface area contributed by atoms with Crippen LogP contribution in [0.2, 0.25) is 0 Å². The van der Waals surface area contributed by atoms with Crippen LogP contribution in [0.25, 0.3) is 6.08 Å². The van der Waals surface area contributed by atoms with Crippen molar-refractivity contribution in [1.82, 2.24) is 4.98 Å². The van der Waals surface area contributed by atoms with E-state index in [1.54, 1.807) is 0 Å².